The van der Waals surface area contributed by atoms with Gasteiger partial charge in [0.25, 0.3) is 0 Å². The van der Waals surface area contributed by atoms with Gasteiger partial charge in [-0.05, 0) is 20.3 Å². The van der Waals surface area contributed by atoms with E-state index in [0.29, 0.717) is 6.04 Å². The molecular weight excluding hydrogens is 322 g/mol. The molecule has 0 aliphatic carbocycles. The predicted octanol–water partition coefficient (Wildman–Crippen LogP) is 4.70. The number of hydrogen-bond acceptors (Lipinski definition) is 3. The molecule has 19 heavy (non-hydrogen) atoms. The summed E-state index contributed by atoms with van der Waals surface area (Å²) in [4.78, 5) is 8.35. The van der Waals surface area contributed by atoms with Crippen molar-refractivity contribution in [3.05, 3.63) is 17.3 Å². The molecule has 0 bridgehead atoms. The number of imidazole rings is 1. The van der Waals surface area contributed by atoms with Crippen LogP contribution in [0, 0.1) is 0 Å². The van der Waals surface area contributed by atoms with Gasteiger partial charge in [-0.1, -0.05) is 35.7 Å². The quantitative estimate of drug-likeness (QED) is 0.536. The summed E-state index contributed by atoms with van der Waals surface area (Å²) in [6.45, 7) is 7.83. The normalized spacial score (nSPS) is 11.6. The van der Waals surface area contributed by atoms with Crippen LogP contribution in [0.4, 0.5) is 5.82 Å². The van der Waals surface area contributed by atoms with E-state index >= 15 is 0 Å². The fraction of sp³-hybridized carbons (Fsp3) is 0.643. The summed E-state index contributed by atoms with van der Waals surface area (Å²) >= 11 is 5.31. The molecule has 0 N–H and O–H groups in total. The number of hydrogen-bond donors (Lipinski definition) is 0. The Morgan fingerprint density at radius 1 is 1.42 bits per heavy atom. The Balaban J connectivity index is 2.29. The molecule has 0 atom stereocenters. The molecule has 106 valence electrons. The van der Waals surface area contributed by atoms with E-state index in [-0.39, 0.29) is 0 Å². The highest BCUT2D eigenvalue weighted by atomic mass is 79.9. The Morgan fingerprint density at radius 3 is 2.84 bits per heavy atom. The van der Waals surface area contributed by atoms with Crippen molar-refractivity contribution in [2.45, 2.75) is 51.4 Å². The molecule has 0 unspecified atom stereocenters. The molecule has 0 aliphatic rings. The maximum absolute atomic E-state index is 4.82. The molecular formula is C14H22BrN3S. The summed E-state index contributed by atoms with van der Waals surface area (Å²) in [6.07, 6.45) is 5.89. The van der Waals surface area contributed by atoms with Crippen LogP contribution in [0.15, 0.2) is 11.6 Å². The van der Waals surface area contributed by atoms with Gasteiger partial charge < -0.3 is 4.90 Å². The Morgan fingerprint density at radius 2 is 2.21 bits per heavy atom. The molecule has 0 saturated carbocycles. The van der Waals surface area contributed by atoms with E-state index < -0.39 is 0 Å². The van der Waals surface area contributed by atoms with Gasteiger partial charge in [-0.25, -0.2) is 4.98 Å². The zero-order valence-electron chi connectivity index (χ0n) is 11.9. The van der Waals surface area contributed by atoms with Crippen LogP contribution < -0.4 is 4.90 Å². The molecule has 2 aromatic heterocycles. The van der Waals surface area contributed by atoms with Crippen LogP contribution >= 0.6 is 27.3 Å². The van der Waals surface area contributed by atoms with Gasteiger partial charge in [-0.3, -0.25) is 4.40 Å². The van der Waals surface area contributed by atoms with Crippen molar-refractivity contribution < 1.29 is 0 Å². The van der Waals surface area contributed by atoms with Crippen LogP contribution in [0.1, 0.15) is 45.7 Å². The van der Waals surface area contributed by atoms with Gasteiger partial charge in [0.15, 0.2) is 10.8 Å². The topological polar surface area (TPSA) is 20.5 Å². The summed E-state index contributed by atoms with van der Waals surface area (Å²) in [5.74, 6) is 1.15. The maximum atomic E-state index is 4.82. The summed E-state index contributed by atoms with van der Waals surface area (Å²) in [7, 11) is 0. The summed E-state index contributed by atoms with van der Waals surface area (Å²) in [5.41, 5.74) is 1.27. The lowest BCUT2D eigenvalue weighted by atomic mass is 10.2. The van der Waals surface area contributed by atoms with Crippen molar-refractivity contribution in [2.75, 3.05) is 11.4 Å². The number of nitrogens with zero attached hydrogens (tertiary/aromatic N) is 3. The minimum absolute atomic E-state index is 0.485. The number of rotatable bonds is 7. The lowest BCUT2D eigenvalue weighted by Gasteiger charge is -2.27. The third-order valence-electron chi connectivity index (χ3n) is 3.36. The number of anilines is 1. The molecule has 0 saturated heterocycles. The summed E-state index contributed by atoms with van der Waals surface area (Å²) in [6, 6.07) is 0.485. The van der Waals surface area contributed by atoms with Crippen molar-refractivity contribution >= 4 is 38.0 Å². The molecule has 0 aliphatic heterocycles. The second-order valence-electron chi connectivity index (χ2n) is 5.07. The molecule has 0 fully saturated rings. The molecule has 0 aromatic carbocycles. The van der Waals surface area contributed by atoms with Crippen molar-refractivity contribution in [1.82, 2.24) is 9.38 Å². The van der Waals surface area contributed by atoms with Crippen molar-refractivity contribution in [2.24, 2.45) is 0 Å². The van der Waals surface area contributed by atoms with Gasteiger partial charge in [-0.2, -0.15) is 0 Å². The highest BCUT2D eigenvalue weighted by Gasteiger charge is 2.20. The number of halogens is 1. The second-order valence-corrected chi connectivity index (χ2v) is 6.50. The van der Waals surface area contributed by atoms with Gasteiger partial charge >= 0.3 is 0 Å². The molecule has 2 aromatic rings. The van der Waals surface area contributed by atoms with Gasteiger partial charge in [0.05, 0.1) is 5.69 Å². The zero-order valence-corrected chi connectivity index (χ0v) is 14.3. The van der Waals surface area contributed by atoms with Crippen LogP contribution in [0.2, 0.25) is 0 Å². The van der Waals surface area contributed by atoms with E-state index in [1.165, 1.54) is 25.0 Å². The van der Waals surface area contributed by atoms with Crippen molar-refractivity contribution in [3.8, 4) is 0 Å². The molecule has 3 nitrogen and oxygen atoms in total. The summed E-state index contributed by atoms with van der Waals surface area (Å²) < 4.78 is 2.20. The first-order valence-electron chi connectivity index (χ1n) is 6.96. The highest BCUT2D eigenvalue weighted by molar-refractivity contribution is 9.08. The predicted molar refractivity (Wildman–Crippen MR) is 87.7 cm³/mol. The molecule has 0 amide bonds. The Bertz CT molecular complexity index is 518. The van der Waals surface area contributed by atoms with Crippen LogP contribution in [0.5, 0.6) is 0 Å². The average Bonchev–Trinajstić information content (AvgIpc) is 2.94. The number of thiazole rings is 1. The number of aromatic nitrogens is 2. The second kappa shape index (κ2) is 6.75. The van der Waals surface area contributed by atoms with Gasteiger partial charge in [0, 0.05) is 29.5 Å². The van der Waals surface area contributed by atoms with E-state index in [4.69, 9.17) is 4.98 Å². The van der Waals surface area contributed by atoms with Crippen LogP contribution in [-0.4, -0.2) is 22.0 Å². The minimum Gasteiger partial charge on any atom is -0.353 e. The number of unbranched alkanes of at least 4 members (excludes halogenated alkanes) is 2. The fourth-order valence-corrected chi connectivity index (χ4v) is 3.57. The van der Waals surface area contributed by atoms with Crippen molar-refractivity contribution in [3.63, 3.8) is 0 Å². The Kier molecular flexibility index (Phi) is 5.28. The first-order chi connectivity index (χ1) is 9.19. The lowest BCUT2D eigenvalue weighted by Crippen LogP contribution is -2.32. The van der Waals surface area contributed by atoms with E-state index in [1.54, 1.807) is 11.3 Å². The summed E-state index contributed by atoms with van der Waals surface area (Å²) in [5, 5.41) is 2.94. The molecule has 0 spiro atoms. The van der Waals surface area contributed by atoms with Gasteiger partial charge in [0.2, 0.25) is 0 Å². The van der Waals surface area contributed by atoms with Gasteiger partial charge in [0.1, 0.15) is 0 Å². The number of fused-ring (bicyclic) bond motifs is 1. The van der Waals surface area contributed by atoms with Crippen molar-refractivity contribution in [1.29, 1.82) is 0 Å². The van der Waals surface area contributed by atoms with Crippen LogP contribution in [-0.2, 0) is 5.33 Å². The third-order valence-corrected chi connectivity index (χ3v) is 4.65. The molecule has 2 heterocycles. The zero-order chi connectivity index (χ0) is 13.8. The van der Waals surface area contributed by atoms with Crippen LogP contribution in [0.25, 0.3) is 4.96 Å². The maximum Gasteiger partial charge on any atom is 0.195 e. The van der Waals surface area contributed by atoms with E-state index in [2.05, 4.69) is 57.6 Å². The van der Waals surface area contributed by atoms with E-state index in [0.717, 1.165) is 22.7 Å². The lowest BCUT2D eigenvalue weighted by molar-refractivity contribution is 0.619. The minimum atomic E-state index is 0.485. The molecule has 2 rings (SSSR count). The number of alkyl halides is 1. The van der Waals surface area contributed by atoms with E-state index in [1.807, 2.05) is 0 Å². The Labute approximate surface area is 127 Å². The van der Waals surface area contributed by atoms with Crippen LogP contribution in [0.3, 0.4) is 0 Å². The first kappa shape index (κ1) is 14.9. The molecule has 5 heteroatoms. The smallest absolute Gasteiger partial charge is 0.195 e. The average molecular weight is 344 g/mol. The largest absolute Gasteiger partial charge is 0.353 e. The van der Waals surface area contributed by atoms with Gasteiger partial charge in [-0.15, -0.1) is 11.3 Å². The Hall–Kier alpha value is -0.550. The van der Waals surface area contributed by atoms with E-state index in [9.17, 15) is 0 Å². The monoisotopic (exact) mass is 343 g/mol. The highest BCUT2D eigenvalue weighted by Crippen LogP contribution is 2.28. The third kappa shape index (κ3) is 3.14. The standard InChI is InChI=1S/C14H22BrN3S/c1-4-5-6-7-17(11(2)3)13-12(10-15)18-8-9-19-14(18)16-13/h8-9,11H,4-7,10H2,1-3H3. The SMILES string of the molecule is CCCCCN(c1nc2sccn2c1CBr)C(C)C. The fourth-order valence-electron chi connectivity index (χ4n) is 2.32. The molecule has 0 radical (unpaired) electrons. The first-order valence-corrected chi connectivity index (χ1v) is 8.96.